The summed E-state index contributed by atoms with van der Waals surface area (Å²) >= 11 is 21.1. The number of thioether (sulfide) groups is 1. The van der Waals surface area contributed by atoms with Crippen LogP contribution >= 0.6 is 57.9 Å². The maximum atomic E-state index is 12.1. The number of rotatable bonds is 7. The highest BCUT2D eigenvalue weighted by Gasteiger charge is 2.11. The number of carbonyl (C=O) groups is 1. The molecule has 27 heavy (non-hydrogen) atoms. The maximum Gasteiger partial charge on any atom is 0.226 e. The van der Waals surface area contributed by atoms with Gasteiger partial charge in [-0.2, -0.15) is 0 Å². The van der Waals surface area contributed by atoms with Crippen LogP contribution in [0.1, 0.15) is 12.8 Å². The van der Waals surface area contributed by atoms with Gasteiger partial charge in [-0.3, -0.25) is 4.79 Å². The minimum absolute atomic E-state index is 0.0465. The Kier molecular flexibility index (Phi) is 7.44. The number of benzene rings is 2. The van der Waals surface area contributed by atoms with Gasteiger partial charge in [0.15, 0.2) is 5.13 Å². The highest BCUT2D eigenvalue weighted by Crippen LogP contribution is 2.32. The molecule has 1 amide bonds. The highest BCUT2D eigenvalue weighted by molar-refractivity contribution is 7.99. The second-order valence-corrected chi connectivity index (χ2v) is 8.92. The molecule has 3 nitrogen and oxygen atoms in total. The van der Waals surface area contributed by atoms with E-state index in [1.54, 1.807) is 23.9 Å². The lowest BCUT2D eigenvalue weighted by Crippen LogP contribution is -2.11. The van der Waals surface area contributed by atoms with E-state index < -0.39 is 0 Å². The Morgan fingerprint density at radius 1 is 1.07 bits per heavy atom. The molecule has 1 heterocycles. The second-order valence-electron chi connectivity index (χ2n) is 5.62. The number of hydrogen-bond donors (Lipinski definition) is 1. The average Bonchev–Trinajstić information content (AvgIpc) is 3.08. The third-order valence-electron chi connectivity index (χ3n) is 3.59. The summed E-state index contributed by atoms with van der Waals surface area (Å²) in [5, 5.41) is 7.09. The molecule has 0 saturated carbocycles. The van der Waals surface area contributed by atoms with Crippen LogP contribution in [-0.4, -0.2) is 16.6 Å². The minimum atomic E-state index is -0.0465. The van der Waals surface area contributed by atoms with Gasteiger partial charge in [0, 0.05) is 32.3 Å². The third-order valence-corrected chi connectivity index (χ3v) is 6.24. The van der Waals surface area contributed by atoms with Crippen molar-refractivity contribution < 1.29 is 4.79 Å². The predicted molar refractivity (Wildman–Crippen MR) is 118 cm³/mol. The second kappa shape index (κ2) is 9.80. The molecule has 140 valence electrons. The zero-order valence-corrected chi connectivity index (χ0v) is 17.9. The number of nitrogens with one attached hydrogen (secondary N) is 1. The lowest BCUT2D eigenvalue weighted by atomic mass is 10.2. The van der Waals surface area contributed by atoms with Crippen molar-refractivity contribution in [3.8, 4) is 11.3 Å². The lowest BCUT2D eigenvalue weighted by molar-refractivity contribution is -0.116. The SMILES string of the molecule is O=C(CCCSc1ccc(Cl)cc1)Nc1nc(-c2ccc(Cl)cc2Cl)cs1. The number of amides is 1. The van der Waals surface area contributed by atoms with Gasteiger partial charge in [-0.15, -0.1) is 23.1 Å². The van der Waals surface area contributed by atoms with Gasteiger partial charge in [0.25, 0.3) is 0 Å². The number of thiazole rings is 1. The summed E-state index contributed by atoms with van der Waals surface area (Å²) in [4.78, 5) is 17.7. The van der Waals surface area contributed by atoms with Crippen LogP contribution < -0.4 is 5.32 Å². The normalized spacial score (nSPS) is 10.8. The summed E-state index contributed by atoms with van der Waals surface area (Å²) < 4.78 is 0. The number of aromatic nitrogens is 1. The molecular formula is C19H15Cl3N2OS2. The van der Waals surface area contributed by atoms with Gasteiger partial charge in [0.1, 0.15) is 0 Å². The van der Waals surface area contributed by atoms with Crippen molar-refractivity contribution in [2.75, 3.05) is 11.1 Å². The summed E-state index contributed by atoms with van der Waals surface area (Å²) in [6.07, 6.45) is 1.22. The van der Waals surface area contributed by atoms with Gasteiger partial charge < -0.3 is 5.32 Å². The number of carbonyl (C=O) groups excluding carboxylic acids is 1. The topological polar surface area (TPSA) is 42.0 Å². The van der Waals surface area contributed by atoms with Crippen LogP contribution in [0.2, 0.25) is 15.1 Å². The molecule has 0 saturated heterocycles. The van der Waals surface area contributed by atoms with Gasteiger partial charge in [-0.05, 0) is 54.6 Å². The first-order valence-corrected chi connectivity index (χ1v) is 11.1. The molecule has 8 heteroatoms. The van der Waals surface area contributed by atoms with Crippen molar-refractivity contribution in [3.05, 3.63) is 62.9 Å². The smallest absolute Gasteiger partial charge is 0.226 e. The molecular weight excluding hydrogens is 443 g/mol. The van der Waals surface area contributed by atoms with E-state index in [1.807, 2.05) is 35.7 Å². The van der Waals surface area contributed by atoms with Gasteiger partial charge >= 0.3 is 0 Å². The fourth-order valence-electron chi connectivity index (χ4n) is 2.29. The first-order chi connectivity index (χ1) is 13.0. The fourth-order valence-corrected chi connectivity index (χ4v) is 4.50. The number of nitrogens with zero attached hydrogens (tertiary/aromatic N) is 1. The van der Waals surface area contributed by atoms with Crippen molar-refractivity contribution in [2.45, 2.75) is 17.7 Å². The molecule has 0 aliphatic carbocycles. The van der Waals surface area contributed by atoms with Crippen LogP contribution in [0.3, 0.4) is 0 Å². The zero-order valence-electron chi connectivity index (χ0n) is 14.0. The molecule has 3 rings (SSSR count). The average molecular weight is 458 g/mol. The van der Waals surface area contributed by atoms with Gasteiger partial charge in [-0.1, -0.05) is 34.8 Å². The molecule has 0 aliphatic rings. The molecule has 1 N–H and O–H groups in total. The van der Waals surface area contributed by atoms with E-state index in [0.717, 1.165) is 33.3 Å². The molecule has 0 radical (unpaired) electrons. The zero-order chi connectivity index (χ0) is 19.2. The summed E-state index contributed by atoms with van der Waals surface area (Å²) in [5.74, 6) is 0.813. The van der Waals surface area contributed by atoms with E-state index in [1.165, 1.54) is 11.3 Å². The van der Waals surface area contributed by atoms with Crippen LogP contribution in [0, 0.1) is 0 Å². The quantitative estimate of drug-likeness (QED) is 0.299. The van der Waals surface area contributed by atoms with E-state index in [9.17, 15) is 4.79 Å². The highest BCUT2D eigenvalue weighted by atomic mass is 35.5. The lowest BCUT2D eigenvalue weighted by Gasteiger charge is -2.03. The van der Waals surface area contributed by atoms with Crippen LogP contribution in [-0.2, 0) is 4.79 Å². The predicted octanol–water partition coefficient (Wildman–Crippen LogP) is 7.28. The van der Waals surface area contributed by atoms with Crippen molar-refractivity contribution in [2.24, 2.45) is 0 Å². The number of anilines is 1. The number of hydrogen-bond acceptors (Lipinski definition) is 4. The van der Waals surface area contributed by atoms with Crippen LogP contribution in [0.15, 0.2) is 52.7 Å². The maximum absolute atomic E-state index is 12.1. The van der Waals surface area contributed by atoms with E-state index in [-0.39, 0.29) is 5.91 Å². The molecule has 0 atom stereocenters. The Bertz CT molecular complexity index is 929. The van der Waals surface area contributed by atoms with Crippen molar-refractivity contribution >= 4 is 68.9 Å². The van der Waals surface area contributed by atoms with Crippen molar-refractivity contribution in [1.82, 2.24) is 4.98 Å². The molecule has 2 aromatic carbocycles. The van der Waals surface area contributed by atoms with Gasteiger partial charge in [0.05, 0.1) is 10.7 Å². The van der Waals surface area contributed by atoms with Crippen LogP contribution in [0.5, 0.6) is 0 Å². The van der Waals surface area contributed by atoms with Crippen LogP contribution in [0.4, 0.5) is 5.13 Å². The molecule has 0 bridgehead atoms. The third kappa shape index (κ3) is 6.13. The Morgan fingerprint density at radius 2 is 1.81 bits per heavy atom. The van der Waals surface area contributed by atoms with Gasteiger partial charge in [-0.25, -0.2) is 4.98 Å². The van der Waals surface area contributed by atoms with E-state index >= 15 is 0 Å². The Balaban J connectivity index is 1.47. The largest absolute Gasteiger partial charge is 0.302 e. The van der Waals surface area contributed by atoms with E-state index in [0.29, 0.717) is 21.6 Å². The molecule has 0 aliphatic heterocycles. The van der Waals surface area contributed by atoms with Crippen molar-refractivity contribution in [3.63, 3.8) is 0 Å². The van der Waals surface area contributed by atoms with E-state index in [4.69, 9.17) is 34.8 Å². The first-order valence-electron chi connectivity index (χ1n) is 8.10. The van der Waals surface area contributed by atoms with E-state index in [2.05, 4.69) is 10.3 Å². The van der Waals surface area contributed by atoms with Crippen LogP contribution in [0.25, 0.3) is 11.3 Å². The standard InChI is InChI=1S/C19H15Cl3N2OS2/c20-12-3-6-14(7-4-12)26-9-1-2-18(25)24-19-23-17(11-27-19)15-8-5-13(21)10-16(15)22/h3-8,10-11H,1-2,9H2,(H,23,24,25). The van der Waals surface area contributed by atoms with Crippen molar-refractivity contribution in [1.29, 1.82) is 0 Å². The Morgan fingerprint density at radius 3 is 2.56 bits per heavy atom. The summed E-state index contributed by atoms with van der Waals surface area (Å²) in [5.41, 5.74) is 1.51. The summed E-state index contributed by atoms with van der Waals surface area (Å²) in [7, 11) is 0. The Hall–Kier alpha value is -1.24. The fraction of sp³-hybridized carbons (Fsp3) is 0.158. The number of halogens is 3. The summed E-state index contributed by atoms with van der Waals surface area (Å²) in [6, 6.07) is 12.9. The monoisotopic (exact) mass is 456 g/mol. The molecule has 0 spiro atoms. The summed E-state index contributed by atoms with van der Waals surface area (Å²) in [6.45, 7) is 0. The molecule has 0 fully saturated rings. The van der Waals surface area contributed by atoms with Gasteiger partial charge in [0.2, 0.25) is 5.91 Å². The molecule has 3 aromatic rings. The molecule has 1 aromatic heterocycles. The molecule has 0 unspecified atom stereocenters. The Labute approximate surface area is 181 Å². The first kappa shape index (κ1) is 20.5. The minimum Gasteiger partial charge on any atom is -0.302 e.